The van der Waals surface area contributed by atoms with Gasteiger partial charge in [0.2, 0.25) is 17.4 Å². The van der Waals surface area contributed by atoms with Crippen molar-refractivity contribution >= 4 is 51.7 Å². The van der Waals surface area contributed by atoms with Gasteiger partial charge in [-0.1, -0.05) is 11.1 Å². The van der Waals surface area contributed by atoms with Crippen molar-refractivity contribution in [3.63, 3.8) is 0 Å². The molecule has 4 aromatic rings. The summed E-state index contributed by atoms with van der Waals surface area (Å²) in [6, 6.07) is 11.1. The van der Waals surface area contributed by atoms with Crippen LogP contribution in [0.15, 0.2) is 48.7 Å². The van der Waals surface area contributed by atoms with Gasteiger partial charge in [0.1, 0.15) is 5.82 Å². The van der Waals surface area contributed by atoms with Gasteiger partial charge in [0.05, 0.1) is 28.9 Å². The summed E-state index contributed by atoms with van der Waals surface area (Å²) in [5.41, 5.74) is 8.74. The van der Waals surface area contributed by atoms with Crippen LogP contribution in [0.4, 0.5) is 33.2 Å². The lowest BCUT2D eigenvalue weighted by atomic mass is 10.1. The monoisotopic (exact) mass is 477 g/mol. The van der Waals surface area contributed by atoms with Crippen LogP contribution in [-0.4, -0.2) is 47.3 Å². The number of fused-ring (bicyclic) bond motifs is 1. The number of nitrogens with zero attached hydrogens (tertiary/aromatic N) is 2. The minimum atomic E-state index is -0.762. The van der Waals surface area contributed by atoms with Gasteiger partial charge in [0.15, 0.2) is 0 Å². The predicted octanol–water partition coefficient (Wildman–Crippen LogP) is 2.91. The van der Waals surface area contributed by atoms with Crippen molar-refractivity contribution in [3.8, 4) is 0 Å². The number of likely N-dealkylation sites (N-methyl/N-ethyl adjacent to an activating group) is 1. The number of aromatic nitrogens is 3. The lowest BCUT2D eigenvalue weighted by Crippen LogP contribution is -2.27. The zero-order valence-corrected chi connectivity index (χ0v) is 19.5. The summed E-state index contributed by atoms with van der Waals surface area (Å²) >= 11 is 0. The zero-order valence-electron chi connectivity index (χ0n) is 19.5. The standard InChI is InChI=1S/C24H25FN8O2/c1-13-4-6-15(28-20(34)12-33(2)3)11-19(13)30-24-31-22-16(8-9-27-22)23(32-24)29-18-7-5-14(25)10-17(18)21(26)35/h4-11H,12H2,1-3H3,(H2,26,35)(H,28,34)(H3,27,29,30,31,32)/p+1. The van der Waals surface area contributed by atoms with Gasteiger partial charge < -0.3 is 21.3 Å². The lowest BCUT2D eigenvalue weighted by Gasteiger charge is -2.12. The number of rotatable bonds is 8. The third kappa shape index (κ3) is 5.53. The maximum Gasteiger partial charge on any atom is 0.351 e. The van der Waals surface area contributed by atoms with E-state index in [-0.39, 0.29) is 18.0 Å². The molecule has 180 valence electrons. The van der Waals surface area contributed by atoms with Crippen LogP contribution in [0.2, 0.25) is 0 Å². The number of anilines is 5. The smallest absolute Gasteiger partial charge is 0.351 e. The van der Waals surface area contributed by atoms with E-state index in [0.717, 1.165) is 22.7 Å². The van der Waals surface area contributed by atoms with Crippen molar-refractivity contribution in [1.29, 1.82) is 0 Å². The van der Waals surface area contributed by atoms with E-state index in [2.05, 4.69) is 30.9 Å². The first kappa shape index (κ1) is 23.6. The highest BCUT2D eigenvalue weighted by molar-refractivity contribution is 6.00. The third-order valence-electron chi connectivity index (χ3n) is 5.20. The molecule has 7 N–H and O–H groups in total. The van der Waals surface area contributed by atoms with Crippen LogP contribution in [0, 0.1) is 12.7 Å². The number of halogens is 1. The Morgan fingerprint density at radius 2 is 1.91 bits per heavy atom. The number of carbonyl (C=O) groups excluding carboxylic acids is 2. The molecule has 2 aromatic carbocycles. The number of aryl methyl sites for hydroxylation is 1. The summed E-state index contributed by atoms with van der Waals surface area (Å²) in [6.45, 7) is 2.19. The van der Waals surface area contributed by atoms with Gasteiger partial charge in [-0.15, -0.1) is 0 Å². The van der Waals surface area contributed by atoms with E-state index in [0.29, 0.717) is 28.8 Å². The molecule has 35 heavy (non-hydrogen) atoms. The molecule has 0 spiro atoms. The number of amides is 2. The number of hydrogen-bond acceptors (Lipinski definition) is 6. The second-order valence-corrected chi connectivity index (χ2v) is 8.32. The van der Waals surface area contributed by atoms with Crippen molar-refractivity contribution in [3.05, 3.63) is 65.6 Å². The molecule has 0 fully saturated rings. The zero-order chi connectivity index (χ0) is 25.1. The highest BCUT2D eigenvalue weighted by atomic mass is 19.1. The van der Waals surface area contributed by atoms with Crippen molar-refractivity contribution in [2.75, 3.05) is 36.6 Å². The summed E-state index contributed by atoms with van der Waals surface area (Å²) < 4.78 is 13.7. The minimum Gasteiger partial charge on any atom is -0.366 e. The molecule has 2 aromatic heterocycles. The SMILES string of the molecule is Cc1ccc(NC(=O)CN(C)C)cc1Nc1nc(Nc2ccc(F)cc2C(N)=O)c2cc[nH]c2[nH+]1. The number of nitrogens with one attached hydrogen (secondary N) is 5. The Hall–Kier alpha value is -4.51. The van der Waals surface area contributed by atoms with Crippen LogP contribution in [0.5, 0.6) is 0 Å². The van der Waals surface area contributed by atoms with Crippen LogP contribution in [0.25, 0.3) is 11.0 Å². The largest absolute Gasteiger partial charge is 0.366 e. The van der Waals surface area contributed by atoms with Crippen LogP contribution in [0.1, 0.15) is 15.9 Å². The summed E-state index contributed by atoms with van der Waals surface area (Å²) in [5, 5.41) is 9.92. The molecule has 0 radical (unpaired) electrons. The van der Waals surface area contributed by atoms with Gasteiger partial charge in [-0.3, -0.25) is 19.9 Å². The van der Waals surface area contributed by atoms with Crippen molar-refractivity contribution in [2.24, 2.45) is 5.73 Å². The fraction of sp³-hybridized carbons (Fsp3) is 0.167. The average Bonchev–Trinajstić information content (AvgIpc) is 3.25. The Morgan fingerprint density at radius 1 is 1.11 bits per heavy atom. The van der Waals surface area contributed by atoms with E-state index < -0.39 is 11.7 Å². The first-order valence-electron chi connectivity index (χ1n) is 10.8. The van der Waals surface area contributed by atoms with Gasteiger partial charge in [-0.05, 0) is 63.0 Å². The maximum atomic E-state index is 13.7. The predicted molar refractivity (Wildman–Crippen MR) is 132 cm³/mol. The van der Waals surface area contributed by atoms with Gasteiger partial charge in [-0.25, -0.2) is 9.37 Å². The quantitative estimate of drug-likeness (QED) is 0.264. The fourth-order valence-corrected chi connectivity index (χ4v) is 3.55. The molecule has 0 unspecified atom stereocenters. The molecule has 10 nitrogen and oxygen atoms in total. The number of hydrogen-bond donors (Lipinski definition) is 5. The minimum absolute atomic E-state index is 0.00911. The van der Waals surface area contributed by atoms with Crippen LogP contribution in [0.3, 0.4) is 0 Å². The van der Waals surface area contributed by atoms with Crippen LogP contribution in [-0.2, 0) is 4.79 Å². The third-order valence-corrected chi connectivity index (χ3v) is 5.20. The van der Waals surface area contributed by atoms with Crippen molar-refractivity contribution in [2.45, 2.75) is 6.92 Å². The molecular weight excluding hydrogens is 451 g/mol. The Balaban J connectivity index is 1.66. The number of benzene rings is 2. The molecule has 4 rings (SSSR count). The van der Waals surface area contributed by atoms with Crippen molar-refractivity contribution < 1.29 is 19.0 Å². The second-order valence-electron chi connectivity index (χ2n) is 8.32. The molecule has 0 aliphatic carbocycles. The average molecular weight is 478 g/mol. The number of carbonyl (C=O) groups is 2. The first-order valence-corrected chi connectivity index (χ1v) is 10.8. The molecule has 0 atom stereocenters. The highest BCUT2D eigenvalue weighted by Crippen LogP contribution is 2.28. The highest BCUT2D eigenvalue weighted by Gasteiger charge is 2.18. The number of H-pyrrole nitrogens is 2. The molecule has 0 saturated carbocycles. The number of aromatic amines is 2. The van der Waals surface area contributed by atoms with Gasteiger partial charge in [-0.2, -0.15) is 0 Å². The lowest BCUT2D eigenvalue weighted by molar-refractivity contribution is -0.333. The molecule has 2 amide bonds. The van der Waals surface area contributed by atoms with Gasteiger partial charge >= 0.3 is 5.95 Å². The Kier molecular flexibility index (Phi) is 6.60. The summed E-state index contributed by atoms with van der Waals surface area (Å²) in [5.74, 6) is -0.643. The fourth-order valence-electron chi connectivity index (χ4n) is 3.55. The molecule has 0 bridgehead atoms. The van der Waals surface area contributed by atoms with E-state index in [4.69, 9.17) is 5.73 Å². The Bertz CT molecular complexity index is 1420. The topological polar surface area (TPSA) is 142 Å². The summed E-state index contributed by atoms with van der Waals surface area (Å²) in [4.78, 5) is 36.7. The molecule has 11 heteroatoms. The van der Waals surface area contributed by atoms with Crippen LogP contribution < -0.4 is 26.7 Å². The maximum absolute atomic E-state index is 13.7. The van der Waals surface area contributed by atoms with Gasteiger partial charge in [0, 0.05) is 11.9 Å². The Labute approximate surface area is 200 Å². The van der Waals surface area contributed by atoms with E-state index in [1.165, 1.54) is 12.1 Å². The molecular formula is C24H26FN8O2+. The van der Waals surface area contributed by atoms with E-state index >= 15 is 0 Å². The molecule has 0 aliphatic heterocycles. The number of primary amides is 1. The number of nitrogens with two attached hydrogens (primary N) is 1. The molecule has 2 heterocycles. The summed E-state index contributed by atoms with van der Waals surface area (Å²) in [6.07, 6.45) is 1.74. The van der Waals surface area contributed by atoms with Crippen LogP contribution >= 0.6 is 0 Å². The first-order chi connectivity index (χ1) is 16.7. The van der Waals surface area contributed by atoms with Crippen molar-refractivity contribution in [1.82, 2.24) is 14.9 Å². The molecule has 0 saturated heterocycles. The Morgan fingerprint density at radius 3 is 2.66 bits per heavy atom. The van der Waals surface area contributed by atoms with Gasteiger partial charge in [0.25, 0.3) is 5.91 Å². The second kappa shape index (κ2) is 9.77. The summed E-state index contributed by atoms with van der Waals surface area (Å²) in [7, 11) is 3.65. The van der Waals surface area contributed by atoms with E-state index in [1.807, 2.05) is 45.3 Å². The normalized spacial score (nSPS) is 11.0. The molecule has 0 aliphatic rings. The van der Waals surface area contributed by atoms with E-state index in [9.17, 15) is 14.0 Å². The van der Waals surface area contributed by atoms with E-state index in [1.54, 1.807) is 11.1 Å².